The molecule has 36 heavy (non-hydrogen) atoms. The van der Waals surface area contributed by atoms with Crippen molar-refractivity contribution in [2.45, 2.75) is 38.8 Å². The highest BCUT2D eigenvalue weighted by Gasteiger charge is 2.41. The Morgan fingerprint density at radius 3 is 2.78 bits per heavy atom. The number of anilines is 1. The van der Waals surface area contributed by atoms with E-state index in [1.165, 1.54) is 6.33 Å². The van der Waals surface area contributed by atoms with Gasteiger partial charge in [-0.1, -0.05) is 11.6 Å². The predicted molar refractivity (Wildman–Crippen MR) is 134 cm³/mol. The van der Waals surface area contributed by atoms with Crippen molar-refractivity contribution in [3.63, 3.8) is 0 Å². The summed E-state index contributed by atoms with van der Waals surface area (Å²) in [6, 6.07) is 9.02. The lowest BCUT2D eigenvalue weighted by Gasteiger charge is -2.12. The molecule has 1 aliphatic rings. The lowest BCUT2D eigenvalue weighted by molar-refractivity contribution is 0.131. The topological polar surface area (TPSA) is 124 Å². The van der Waals surface area contributed by atoms with Crippen LogP contribution in [0.15, 0.2) is 42.9 Å². The zero-order valence-electron chi connectivity index (χ0n) is 19.9. The molecule has 186 valence electrons. The van der Waals surface area contributed by atoms with Crippen LogP contribution in [0.1, 0.15) is 31.0 Å². The molecule has 1 aliphatic carbocycles. The lowest BCUT2D eigenvalue weighted by Crippen LogP contribution is -2.15. The van der Waals surface area contributed by atoms with E-state index in [1.54, 1.807) is 24.4 Å². The second-order valence-corrected chi connectivity index (χ2v) is 9.34. The van der Waals surface area contributed by atoms with Crippen LogP contribution in [0.5, 0.6) is 5.88 Å². The zero-order valence-corrected chi connectivity index (χ0v) is 20.6. The van der Waals surface area contributed by atoms with Gasteiger partial charge in [-0.3, -0.25) is 10.3 Å². The zero-order chi connectivity index (χ0) is 25.3. The van der Waals surface area contributed by atoms with Gasteiger partial charge >= 0.3 is 6.09 Å². The molecule has 0 spiro atoms. The number of benzene rings is 1. The lowest BCUT2D eigenvalue weighted by atomic mass is 10.2. The Kier molecular flexibility index (Phi) is 6.46. The van der Waals surface area contributed by atoms with Gasteiger partial charge in [0, 0.05) is 17.4 Å². The minimum Gasteiger partial charge on any atom is -0.470 e. The van der Waals surface area contributed by atoms with Gasteiger partial charge < -0.3 is 19.1 Å². The number of nitrogens with one attached hydrogen (secondary N) is 1. The molecule has 0 aliphatic heterocycles. The molecule has 2 N–H and O–H groups in total. The summed E-state index contributed by atoms with van der Waals surface area (Å²) in [7, 11) is 0. The molecule has 0 atom stereocenters. The van der Waals surface area contributed by atoms with E-state index in [0.29, 0.717) is 45.7 Å². The summed E-state index contributed by atoms with van der Waals surface area (Å²) in [6.07, 6.45) is 4.48. The number of halogens is 1. The first kappa shape index (κ1) is 24.0. The van der Waals surface area contributed by atoms with E-state index >= 15 is 0 Å². The van der Waals surface area contributed by atoms with E-state index in [4.69, 9.17) is 31.2 Å². The van der Waals surface area contributed by atoms with Crippen LogP contribution in [0.25, 0.3) is 22.6 Å². The Bertz CT molecular complexity index is 1440. The van der Waals surface area contributed by atoms with Crippen molar-refractivity contribution in [3.8, 4) is 17.3 Å². The standard InChI is InChI=1S/C25H25ClN6O4/c1-15-5-8-27-17(11-15)13-32-21(18-4-3-16(12-19(18)26)30-24(34)35-10-9-33)31-20-22(32)28-14-29-23(20)36-25(2)6-7-25/h3-5,8,11-12,14,33H,6-7,9-10,13H2,1-2H3,(H,30,34). The third-order valence-electron chi connectivity index (χ3n) is 5.87. The summed E-state index contributed by atoms with van der Waals surface area (Å²) in [5.74, 6) is 0.997. The predicted octanol–water partition coefficient (Wildman–Crippen LogP) is 4.37. The number of ether oxygens (including phenoxy) is 2. The number of amides is 1. The monoisotopic (exact) mass is 508 g/mol. The molecule has 4 aromatic rings. The van der Waals surface area contributed by atoms with Gasteiger partial charge in [-0.05, 0) is 62.6 Å². The van der Waals surface area contributed by atoms with Gasteiger partial charge in [0.25, 0.3) is 0 Å². The Labute approximate surface area is 212 Å². The molecule has 1 saturated carbocycles. The Morgan fingerprint density at radius 2 is 2.06 bits per heavy atom. The van der Waals surface area contributed by atoms with Gasteiger partial charge in [-0.2, -0.15) is 4.98 Å². The fourth-order valence-electron chi connectivity index (χ4n) is 3.77. The maximum atomic E-state index is 11.9. The molecule has 11 heteroatoms. The quantitative estimate of drug-likeness (QED) is 0.359. The van der Waals surface area contributed by atoms with Crippen molar-refractivity contribution in [2.75, 3.05) is 18.5 Å². The van der Waals surface area contributed by atoms with E-state index in [9.17, 15) is 4.79 Å². The van der Waals surface area contributed by atoms with E-state index in [1.807, 2.05) is 30.5 Å². The number of imidazole rings is 1. The van der Waals surface area contributed by atoms with Crippen molar-refractivity contribution in [2.24, 2.45) is 0 Å². The van der Waals surface area contributed by atoms with Gasteiger partial charge in [0.05, 0.1) is 23.9 Å². The van der Waals surface area contributed by atoms with Crippen LogP contribution in [0, 0.1) is 6.92 Å². The summed E-state index contributed by atoms with van der Waals surface area (Å²) < 4.78 is 13.0. The van der Waals surface area contributed by atoms with E-state index in [2.05, 4.69) is 20.3 Å². The van der Waals surface area contributed by atoms with Crippen LogP contribution in [-0.4, -0.2) is 54.5 Å². The number of pyridine rings is 1. The van der Waals surface area contributed by atoms with Gasteiger partial charge in [-0.15, -0.1) is 0 Å². The average molecular weight is 509 g/mol. The van der Waals surface area contributed by atoms with Crippen LogP contribution in [-0.2, 0) is 11.3 Å². The highest BCUT2D eigenvalue weighted by atomic mass is 35.5. The number of carbonyl (C=O) groups excluding carboxylic acids is 1. The third kappa shape index (κ3) is 5.09. The molecule has 0 saturated heterocycles. The van der Waals surface area contributed by atoms with Crippen molar-refractivity contribution >= 4 is 34.5 Å². The Balaban J connectivity index is 1.57. The number of aromatic nitrogens is 5. The maximum Gasteiger partial charge on any atom is 0.411 e. The molecule has 1 amide bonds. The number of aliphatic hydroxyl groups excluding tert-OH is 1. The minimum absolute atomic E-state index is 0.0981. The molecule has 10 nitrogen and oxygen atoms in total. The Hall–Kier alpha value is -3.76. The third-order valence-corrected chi connectivity index (χ3v) is 6.18. The molecule has 0 radical (unpaired) electrons. The van der Waals surface area contributed by atoms with Gasteiger partial charge in [0.2, 0.25) is 5.88 Å². The number of fused-ring (bicyclic) bond motifs is 1. The molecular weight excluding hydrogens is 484 g/mol. The Morgan fingerprint density at radius 1 is 1.22 bits per heavy atom. The van der Waals surface area contributed by atoms with Gasteiger partial charge in [0.1, 0.15) is 24.4 Å². The maximum absolute atomic E-state index is 11.9. The molecular formula is C25H25ClN6O4. The number of carbonyl (C=O) groups is 1. The summed E-state index contributed by atoms with van der Waals surface area (Å²) >= 11 is 6.67. The van der Waals surface area contributed by atoms with Crippen molar-refractivity contribution < 1.29 is 19.4 Å². The molecule has 1 fully saturated rings. The molecule has 1 aromatic carbocycles. The summed E-state index contributed by atoms with van der Waals surface area (Å²) in [5.41, 5.74) is 3.92. The molecule has 3 aromatic heterocycles. The number of aliphatic hydroxyl groups is 1. The van der Waals surface area contributed by atoms with Crippen LogP contribution in [0.3, 0.4) is 0 Å². The fraction of sp³-hybridized carbons (Fsp3) is 0.320. The average Bonchev–Trinajstić information content (AvgIpc) is 3.46. The number of nitrogens with zero attached hydrogens (tertiary/aromatic N) is 5. The van der Waals surface area contributed by atoms with Crippen LogP contribution in [0.4, 0.5) is 10.5 Å². The summed E-state index contributed by atoms with van der Waals surface area (Å²) in [6.45, 7) is 4.11. The highest BCUT2D eigenvalue weighted by molar-refractivity contribution is 6.33. The second kappa shape index (κ2) is 9.71. The first-order valence-electron chi connectivity index (χ1n) is 11.5. The van der Waals surface area contributed by atoms with Crippen LogP contribution < -0.4 is 10.1 Å². The van der Waals surface area contributed by atoms with Crippen molar-refractivity contribution in [1.82, 2.24) is 24.5 Å². The van der Waals surface area contributed by atoms with Crippen LogP contribution >= 0.6 is 11.6 Å². The highest BCUT2D eigenvalue weighted by Crippen LogP contribution is 2.41. The van der Waals surface area contributed by atoms with E-state index in [-0.39, 0.29) is 18.8 Å². The van der Waals surface area contributed by atoms with Gasteiger partial charge in [-0.25, -0.2) is 14.8 Å². The number of rotatable bonds is 8. The van der Waals surface area contributed by atoms with E-state index < -0.39 is 6.09 Å². The summed E-state index contributed by atoms with van der Waals surface area (Å²) in [4.78, 5) is 30.1. The van der Waals surface area contributed by atoms with E-state index in [0.717, 1.165) is 24.1 Å². The SMILES string of the molecule is Cc1ccnc(Cn2c(-c3ccc(NC(=O)OCCO)cc3Cl)nc3c(OC4(C)CC4)ncnc32)c1. The first-order valence-corrected chi connectivity index (χ1v) is 11.9. The normalized spacial score (nSPS) is 14.0. The van der Waals surface area contributed by atoms with Crippen molar-refractivity contribution in [1.29, 1.82) is 0 Å². The summed E-state index contributed by atoms with van der Waals surface area (Å²) in [5, 5.41) is 11.8. The molecule has 3 heterocycles. The molecule has 5 rings (SSSR count). The number of hydrogen-bond donors (Lipinski definition) is 2. The largest absolute Gasteiger partial charge is 0.470 e. The van der Waals surface area contributed by atoms with Crippen LogP contribution in [0.2, 0.25) is 5.02 Å². The molecule has 0 unspecified atom stereocenters. The number of aryl methyl sites for hydroxylation is 1. The number of hydrogen-bond acceptors (Lipinski definition) is 8. The minimum atomic E-state index is -0.684. The first-order chi connectivity index (χ1) is 17.3. The van der Waals surface area contributed by atoms with Crippen molar-refractivity contribution in [3.05, 3.63) is 59.1 Å². The van der Waals surface area contributed by atoms with Gasteiger partial charge in [0.15, 0.2) is 11.2 Å². The molecule has 0 bridgehead atoms. The smallest absolute Gasteiger partial charge is 0.411 e. The second-order valence-electron chi connectivity index (χ2n) is 8.93. The fourth-order valence-corrected chi connectivity index (χ4v) is 4.04.